The monoisotopic (exact) mass is 356 g/mol. The van der Waals surface area contributed by atoms with Crippen LogP contribution in [0.1, 0.15) is 25.8 Å². The highest BCUT2D eigenvalue weighted by Gasteiger charge is 2.15. The fourth-order valence-electron chi connectivity index (χ4n) is 3.09. The van der Waals surface area contributed by atoms with Crippen molar-refractivity contribution >= 4 is 10.8 Å². The molecule has 0 heterocycles. The molecule has 0 saturated heterocycles. The average molecular weight is 356 g/mol. The van der Waals surface area contributed by atoms with E-state index in [4.69, 9.17) is 9.47 Å². The second-order valence-corrected chi connectivity index (χ2v) is 6.09. The van der Waals surface area contributed by atoms with Crippen LogP contribution in [0.5, 0.6) is 11.5 Å². The molecule has 26 heavy (non-hydrogen) atoms. The van der Waals surface area contributed by atoms with E-state index in [0.717, 1.165) is 29.4 Å². The zero-order valence-electron chi connectivity index (χ0n) is 15.0. The van der Waals surface area contributed by atoms with Gasteiger partial charge in [-0.1, -0.05) is 49.7 Å². The van der Waals surface area contributed by atoms with Crippen LogP contribution in [0.4, 0.5) is 8.78 Å². The first-order chi connectivity index (χ1) is 12.6. The lowest BCUT2D eigenvalue weighted by Crippen LogP contribution is -2.05. The molecule has 0 unspecified atom stereocenters. The van der Waals surface area contributed by atoms with Crippen molar-refractivity contribution in [1.82, 2.24) is 0 Å². The summed E-state index contributed by atoms with van der Waals surface area (Å²) >= 11 is 0. The second kappa shape index (κ2) is 8.17. The third-order valence-electron chi connectivity index (χ3n) is 4.27. The first-order valence-corrected chi connectivity index (χ1v) is 8.86. The van der Waals surface area contributed by atoms with E-state index < -0.39 is 6.61 Å². The van der Waals surface area contributed by atoms with Gasteiger partial charge in [0.15, 0.2) is 11.5 Å². The molecule has 0 fully saturated rings. The Bertz CT molecular complexity index is 873. The maximum atomic E-state index is 12.8. The lowest BCUT2D eigenvalue weighted by molar-refractivity contribution is -0.0503. The molecule has 0 aliphatic rings. The van der Waals surface area contributed by atoms with Crippen molar-refractivity contribution in [2.75, 3.05) is 6.61 Å². The van der Waals surface area contributed by atoms with Gasteiger partial charge in [-0.3, -0.25) is 0 Å². The van der Waals surface area contributed by atoms with E-state index in [1.165, 1.54) is 5.56 Å². The first kappa shape index (κ1) is 18.2. The summed E-state index contributed by atoms with van der Waals surface area (Å²) in [5.41, 5.74) is 3.44. The van der Waals surface area contributed by atoms with Crippen LogP contribution >= 0.6 is 0 Å². The van der Waals surface area contributed by atoms with E-state index in [1.54, 1.807) is 6.07 Å². The molecular weight excluding hydrogens is 334 g/mol. The molecule has 136 valence electrons. The summed E-state index contributed by atoms with van der Waals surface area (Å²) in [7, 11) is 0. The topological polar surface area (TPSA) is 18.5 Å². The zero-order chi connectivity index (χ0) is 18.5. The van der Waals surface area contributed by atoms with Crippen LogP contribution in [-0.2, 0) is 6.42 Å². The quantitative estimate of drug-likeness (QED) is 0.484. The predicted molar refractivity (Wildman–Crippen MR) is 101 cm³/mol. The summed E-state index contributed by atoms with van der Waals surface area (Å²) < 4.78 is 35.9. The molecule has 0 atom stereocenters. The maximum Gasteiger partial charge on any atom is 0.387 e. The van der Waals surface area contributed by atoms with Gasteiger partial charge in [0.1, 0.15) is 0 Å². The summed E-state index contributed by atoms with van der Waals surface area (Å²) in [5.74, 6) is 0.418. The zero-order valence-corrected chi connectivity index (χ0v) is 15.0. The summed E-state index contributed by atoms with van der Waals surface area (Å²) in [6, 6.07) is 17.7. The molecule has 0 amide bonds. The fraction of sp³-hybridized carbons (Fsp3) is 0.273. The Morgan fingerprint density at radius 3 is 2.27 bits per heavy atom. The molecule has 2 nitrogen and oxygen atoms in total. The van der Waals surface area contributed by atoms with Crippen LogP contribution in [-0.4, -0.2) is 13.2 Å². The summed E-state index contributed by atoms with van der Waals surface area (Å²) in [6.45, 7) is 1.45. The van der Waals surface area contributed by atoms with Gasteiger partial charge in [-0.05, 0) is 53.6 Å². The Morgan fingerprint density at radius 2 is 1.62 bits per heavy atom. The van der Waals surface area contributed by atoms with Crippen LogP contribution in [0.2, 0.25) is 0 Å². The van der Waals surface area contributed by atoms with Crippen molar-refractivity contribution in [2.24, 2.45) is 0 Å². The molecule has 0 bridgehead atoms. The second-order valence-electron chi connectivity index (χ2n) is 6.09. The lowest BCUT2D eigenvalue weighted by atomic mass is 9.99. The van der Waals surface area contributed by atoms with Gasteiger partial charge in [0, 0.05) is 5.39 Å². The van der Waals surface area contributed by atoms with E-state index >= 15 is 0 Å². The van der Waals surface area contributed by atoms with Crippen LogP contribution in [0.25, 0.3) is 21.9 Å². The molecule has 0 spiro atoms. The van der Waals surface area contributed by atoms with Crippen LogP contribution in [0.15, 0.2) is 54.6 Å². The van der Waals surface area contributed by atoms with Gasteiger partial charge in [0.05, 0.1) is 6.61 Å². The number of hydrogen-bond acceptors (Lipinski definition) is 2. The van der Waals surface area contributed by atoms with Gasteiger partial charge in [0.2, 0.25) is 0 Å². The van der Waals surface area contributed by atoms with Gasteiger partial charge in [0.25, 0.3) is 0 Å². The Hall–Kier alpha value is -2.62. The minimum Gasteiger partial charge on any atom is -0.490 e. The van der Waals surface area contributed by atoms with Crippen molar-refractivity contribution in [3.63, 3.8) is 0 Å². The normalized spacial score (nSPS) is 11.1. The smallest absolute Gasteiger partial charge is 0.387 e. The van der Waals surface area contributed by atoms with Gasteiger partial charge < -0.3 is 9.47 Å². The molecular formula is C22H22F2O2. The number of halogens is 2. The molecule has 0 N–H and O–H groups in total. The highest BCUT2D eigenvalue weighted by molar-refractivity contribution is 5.93. The summed E-state index contributed by atoms with van der Waals surface area (Å²) in [6.07, 6.45) is 2.18. The highest BCUT2D eigenvalue weighted by atomic mass is 19.3. The molecule has 0 saturated carbocycles. The number of hydrogen-bond donors (Lipinski definition) is 0. The molecule has 0 radical (unpaired) electrons. The van der Waals surface area contributed by atoms with Gasteiger partial charge in [-0.2, -0.15) is 8.78 Å². The Kier molecular flexibility index (Phi) is 5.71. The summed E-state index contributed by atoms with van der Waals surface area (Å²) in [5, 5.41) is 1.45. The van der Waals surface area contributed by atoms with E-state index in [-0.39, 0.29) is 5.75 Å². The van der Waals surface area contributed by atoms with Crippen LogP contribution in [0.3, 0.4) is 0 Å². The standard InChI is InChI=1S/C22H22F2O2/c1-3-5-15-6-8-16(9-7-15)17-10-12-19-18(14-17)11-13-20(25-4-2)21(19)26-22(23)24/h6-14,22H,3-5H2,1-2H3. The largest absolute Gasteiger partial charge is 0.490 e. The van der Waals surface area contributed by atoms with Crippen molar-refractivity contribution in [1.29, 1.82) is 0 Å². The minimum atomic E-state index is -2.90. The molecule has 3 aromatic rings. The van der Waals surface area contributed by atoms with Crippen molar-refractivity contribution < 1.29 is 18.3 Å². The number of fused-ring (bicyclic) bond motifs is 1. The Labute approximate surface area is 152 Å². The highest BCUT2D eigenvalue weighted by Crippen LogP contribution is 2.38. The van der Waals surface area contributed by atoms with E-state index in [9.17, 15) is 8.78 Å². The first-order valence-electron chi connectivity index (χ1n) is 8.86. The minimum absolute atomic E-state index is 0.0872. The van der Waals surface area contributed by atoms with Crippen molar-refractivity contribution in [3.8, 4) is 22.6 Å². The summed E-state index contributed by atoms with van der Waals surface area (Å²) in [4.78, 5) is 0. The lowest BCUT2D eigenvalue weighted by Gasteiger charge is -2.14. The average Bonchev–Trinajstić information content (AvgIpc) is 2.64. The van der Waals surface area contributed by atoms with Crippen LogP contribution < -0.4 is 9.47 Å². The number of rotatable bonds is 7. The van der Waals surface area contributed by atoms with Crippen molar-refractivity contribution in [2.45, 2.75) is 33.3 Å². The molecule has 3 rings (SSSR count). The van der Waals surface area contributed by atoms with Gasteiger partial charge in [-0.15, -0.1) is 0 Å². The predicted octanol–water partition coefficient (Wildman–Crippen LogP) is 6.46. The Balaban J connectivity index is 2.02. The van der Waals surface area contributed by atoms with E-state index in [0.29, 0.717) is 17.7 Å². The number of alkyl halides is 2. The third-order valence-corrected chi connectivity index (χ3v) is 4.27. The molecule has 0 aliphatic carbocycles. The van der Waals surface area contributed by atoms with Crippen molar-refractivity contribution in [3.05, 3.63) is 60.2 Å². The number of benzene rings is 3. The Morgan fingerprint density at radius 1 is 0.885 bits per heavy atom. The van der Waals surface area contributed by atoms with E-state index in [1.807, 2.05) is 31.2 Å². The third kappa shape index (κ3) is 3.96. The van der Waals surface area contributed by atoms with Gasteiger partial charge in [-0.25, -0.2) is 0 Å². The molecule has 0 aliphatic heterocycles. The van der Waals surface area contributed by atoms with E-state index in [2.05, 4.69) is 31.2 Å². The number of aryl methyl sites for hydroxylation is 1. The fourth-order valence-corrected chi connectivity index (χ4v) is 3.09. The SMILES string of the molecule is CCCc1ccc(-c2ccc3c(OC(F)F)c(OCC)ccc3c2)cc1. The molecule has 3 aromatic carbocycles. The van der Waals surface area contributed by atoms with Crippen LogP contribution in [0, 0.1) is 0 Å². The molecule has 4 heteroatoms. The maximum absolute atomic E-state index is 12.8. The van der Waals surface area contributed by atoms with Gasteiger partial charge >= 0.3 is 6.61 Å². The molecule has 0 aromatic heterocycles. The number of ether oxygens (including phenoxy) is 2.